The van der Waals surface area contributed by atoms with Crippen LogP contribution in [0.4, 0.5) is 5.82 Å². The normalized spacial score (nSPS) is 10.3. The van der Waals surface area contributed by atoms with E-state index < -0.39 is 0 Å². The molecule has 0 fully saturated rings. The van der Waals surface area contributed by atoms with Crippen molar-refractivity contribution in [2.24, 2.45) is 0 Å². The molecule has 19 heavy (non-hydrogen) atoms. The van der Waals surface area contributed by atoms with Crippen LogP contribution in [0.25, 0.3) is 0 Å². The summed E-state index contributed by atoms with van der Waals surface area (Å²) in [7, 11) is 3.82. The highest BCUT2D eigenvalue weighted by Crippen LogP contribution is 2.19. The first-order valence-electron chi connectivity index (χ1n) is 5.58. The fraction of sp³-hybridized carbons (Fsp3) is 0.250. The molecule has 0 aliphatic carbocycles. The zero-order valence-electron chi connectivity index (χ0n) is 10.6. The summed E-state index contributed by atoms with van der Waals surface area (Å²) in [5, 5.41) is 4.67. The van der Waals surface area contributed by atoms with Gasteiger partial charge in [0.2, 0.25) is 0 Å². The summed E-state index contributed by atoms with van der Waals surface area (Å²) in [6.45, 7) is 0.316. The summed E-state index contributed by atoms with van der Waals surface area (Å²) in [4.78, 5) is 22.9. The fourth-order valence-corrected chi connectivity index (χ4v) is 2.74. The number of thiophene rings is 1. The molecule has 1 N–H and O–H groups in total. The third-order valence-electron chi connectivity index (χ3n) is 2.35. The highest BCUT2D eigenvalue weighted by atomic mass is 79.9. The minimum Gasteiger partial charge on any atom is -0.363 e. The van der Waals surface area contributed by atoms with Gasteiger partial charge in [0.1, 0.15) is 11.6 Å². The largest absolute Gasteiger partial charge is 0.363 e. The van der Waals surface area contributed by atoms with Crippen molar-refractivity contribution in [1.82, 2.24) is 15.3 Å². The fourth-order valence-electron chi connectivity index (χ4n) is 1.40. The van der Waals surface area contributed by atoms with Crippen molar-refractivity contribution in [2.45, 2.75) is 6.54 Å². The number of carbonyl (C=O) groups excluding carboxylic acids is 1. The van der Waals surface area contributed by atoms with E-state index in [4.69, 9.17) is 0 Å². The van der Waals surface area contributed by atoms with E-state index in [2.05, 4.69) is 31.2 Å². The average molecular weight is 341 g/mol. The Morgan fingerprint density at radius 2 is 2.32 bits per heavy atom. The lowest BCUT2D eigenvalue weighted by Crippen LogP contribution is -2.23. The third kappa shape index (κ3) is 3.74. The lowest BCUT2D eigenvalue weighted by Gasteiger charge is -2.11. The Labute approximate surface area is 123 Å². The van der Waals surface area contributed by atoms with Crippen molar-refractivity contribution in [3.8, 4) is 0 Å². The smallest absolute Gasteiger partial charge is 0.261 e. The van der Waals surface area contributed by atoms with Gasteiger partial charge in [-0.15, -0.1) is 11.3 Å². The molecule has 0 atom stereocenters. The second-order valence-electron chi connectivity index (χ2n) is 4.04. The molecule has 0 unspecified atom stereocenters. The standard InChI is InChI=1S/C12H13BrN4OS/c1-17(2)11-3-4-14-10(16-11)6-15-12(18)9-5-8(13)7-19-9/h3-5,7H,6H2,1-2H3,(H,15,18). The molecule has 5 nitrogen and oxygen atoms in total. The van der Waals surface area contributed by atoms with Crippen LogP contribution in [0.1, 0.15) is 15.5 Å². The van der Waals surface area contributed by atoms with E-state index in [-0.39, 0.29) is 5.91 Å². The molecular weight excluding hydrogens is 328 g/mol. The van der Waals surface area contributed by atoms with Crippen LogP contribution >= 0.6 is 27.3 Å². The Balaban J connectivity index is 1.99. The van der Waals surface area contributed by atoms with Crippen LogP contribution < -0.4 is 10.2 Å². The van der Waals surface area contributed by atoms with Gasteiger partial charge in [0.15, 0.2) is 0 Å². The van der Waals surface area contributed by atoms with E-state index in [0.29, 0.717) is 17.2 Å². The van der Waals surface area contributed by atoms with Crippen molar-refractivity contribution < 1.29 is 4.79 Å². The summed E-state index contributed by atoms with van der Waals surface area (Å²) >= 11 is 4.72. The SMILES string of the molecule is CN(C)c1ccnc(CNC(=O)c2cc(Br)cs2)n1. The number of carbonyl (C=O) groups is 1. The third-order valence-corrected chi connectivity index (χ3v) is 4.04. The molecule has 1 amide bonds. The molecule has 0 aliphatic heterocycles. The van der Waals surface area contributed by atoms with E-state index >= 15 is 0 Å². The molecule has 0 bridgehead atoms. The van der Waals surface area contributed by atoms with Crippen molar-refractivity contribution in [3.05, 3.63) is 38.9 Å². The maximum atomic E-state index is 11.9. The zero-order valence-corrected chi connectivity index (χ0v) is 13.0. The van der Waals surface area contributed by atoms with E-state index in [0.717, 1.165) is 10.3 Å². The average Bonchev–Trinajstić information content (AvgIpc) is 2.83. The first-order chi connectivity index (χ1) is 9.06. The number of hydrogen-bond donors (Lipinski definition) is 1. The number of nitrogens with zero attached hydrogens (tertiary/aromatic N) is 3. The lowest BCUT2D eigenvalue weighted by atomic mass is 10.4. The van der Waals surface area contributed by atoms with Crippen LogP contribution in [-0.4, -0.2) is 30.0 Å². The van der Waals surface area contributed by atoms with Crippen molar-refractivity contribution in [1.29, 1.82) is 0 Å². The molecule has 0 saturated heterocycles. The van der Waals surface area contributed by atoms with Gasteiger partial charge in [0, 0.05) is 30.1 Å². The maximum absolute atomic E-state index is 11.9. The Bertz CT molecular complexity index is 585. The van der Waals surface area contributed by atoms with Gasteiger partial charge < -0.3 is 10.2 Å². The van der Waals surface area contributed by atoms with Crippen molar-refractivity contribution >= 4 is 39.0 Å². The summed E-state index contributed by atoms with van der Waals surface area (Å²) in [6.07, 6.45) is 1.69. The minimum absolute atomic E-state index is 0.116. The number of rotatable bonds is 4. The quantitative estimate of drug-likeness (QED) is 0.927. The van der Waals surface area contributed by atoms with Gasteiger partial charge in [-0.3, -0.25) is 4.79 Å². The van der Waals surface area contributed by atoms with E-state index in [9.17, 15) is 4.79 Å². The maximum Gasteiger partial charge on any atom is 0.261 e. The molecule has 2 heterocycles. The summed E-state index contributed by atoms with van der Waals surface area (Å²) < 4.78 is 0.911. The first kappa shape index (κ1) is 14.0. The predicted octanol–water partition coefficient (Wildman–Crippen LogP) is 2.30. The van der Waals surface area contributed by atoms with Crippen LogP contribution in [-0.2, 0) is 6.54 Å². The molecule has 0 aromatic carbocycles. The molecule has 2 rings (SSSR count). The Morgan fingerprint density at radius 1 is 1.53 bits per heavy atom. The minimum atomic E-state index is -0.116. The van der Waals surface area contributed by atoms with Crippen LogP contribution in [0.2, 0.25) is 0 Å². The topological polar surface area (TPSA) is 58.1 Å². The Kier molecular flexibility index (Phi) is 4.49. The lowest BCUT2D eigenvalue weighted by molar-refractivity contribution is 0.0954. The van der Waals surface area contributed by atoms with Crippen LogP contribution in [0.3, 0.4) is 0 Å². The zero-order chi connectivity index (χ0) is 13.8. The molecule has 2 aromatic rings. The van der Waals surface area contributed by atoms with Crippen molar-refractivity contribution in [3.63, 3.8) is 0 Å². The summed E-state index contributed by atoms with van der Waals surface area (Å²) in [5.41, 5.74) is 0. The van der Waals surface area contributed by atoms with Gasteiger partial charge in [-0.25, -0.2) is 9.97 Å². The van der Waals surface area contributed by atoms with Gasteiger partial charge >= 0.3 is 0 Å². The first-order valence-corrected chi connectivity index (χ1v) is 7.25. The molecule has 0 radical (unpaired) electrons. The molecule has 0 saturated carbocycles. The van der Waals surface area contributed by atoms with E-state index in [1.165, 1.54) is 11.3 Å². The molecule has 2 aromatic heterocycles. The van der Waals surface area contributed by atoms with Crippen LogP contribution in [0.5, 0.6) is 0 Å². The second-order valence-corrected chi connectivity index (χ2v) is 5.86. The highest BCUT2D eigenvalue weighted by Gasteiger charge is 2.09. The number of aromatic nitrogens is 2. The summed E-state index contributed by atoms with van der Waals surface area (Å²) in [6, 6.07) is 3.61. The van der Waals surface area contributed by atoms with Gasteiger partial charge in [-0.05, 0) is 28.1 Å². The van der Waals surface area contributed by atoms with Gasteiger partial charge in [-0.2, -0.15) is 0 Å². The number of amides is 1. The molecule has 100 valence electrons. The molecule has 0 aliphatic rings. The molecule has 0 spiro atoms. The Morgan fingerprint density at radius 3 is 2.95 bits per heavy atom. The highest BCUT2D eigenvalue weighted by molar-refractivity contribution is 9.10. The number of anilines is 1. The Hall–Kier alpha value is -1.47. The predicted molar refractivity (Wildman–Crippen MR) is 79.5 cm³/mol. The summed E-state index contributed by atoms with van der Waals surface area (Å²) in [5.74, 6) is 1.29. The number of nitrogens with one attached hydrogen (secondary N) is 1. The number of halogens is 1. The van der Waals surface area contributed by atoms with Crippen LogP contribution in [0.15, 0.2) is 28.2 Å². The molecule has 7 heteroatoms. The van der Waals surface area contributed by atoms with E-state index in [1.807, 2.05) is 30.4 Å². The molecular formula is C12H13BrN4OS. The van der Waals surface area contributed by atoms with Gasteiger partial charge in [0.05, 0.1) is 11.4 Å². The number of hydrogen-bond acceptors (Lipinski definition) is 5. The monoisotopic (exact) mass is 340 g/mol. The van der Waals surface area contributed by atoms with E-state index in [1.54, 1.807) is 12.3 Å². The second kappa shape index (κ2) is 6.12. The van der Waals surface area contributed by atoms with Gasteiger partial charge in [0.25, 0.3) is 5.91 Å². The van der Waals surface area contributed by atoms with Gasteiger partial charge in [-0.1, -0.05) is 0 Å². The van der Waals surface area contributed by atoms with Crippen molar-refractivity contribution in [2.75, 3.05) is 19.0 Å². The van der Waals surface area contributed by atoms with Crippen LogP contribution in [0, 0.1) is 0 Å².